The fourth-order valence-electron chi connectivity index (χ4n) is 2.38. The van der Waals surface area contributed by atoms with Crippen LogP contribution < -0.4 is 5.32 Å². The highest BCUT2D eigenvalue weighted by atomic mass is 32.2. The molecular formula is C19H16N2O3S2. The molecule has 7 heteroatoms. The van der Waals surface area contributed by atoms with Gasteiger partial charge in [-0.25, -0.2) is 0 Å². The first-order valence-corrected chi connectivity index (χ1v) is 9.85. The summed E-state index contributed by atoms with van der Waals surface area (Å²) in [6.07, 6.45) is 3.60. The van der Waals surface area contributed by atoms with Crippen LogP contribution in [0.1, 0.15) is 5.56 Å². The highest BCUT2D eigenvalue weighted by molar-refractivity contribution is 8.18. The first kappa shape index (κ1) is 18.3. The Hall–Kier alpha value is -2.51. The molecule has 3 rings (SSSR count). The minimum absolute atomic E-state index is 0.305. The lowest BCUT2D eigenvalue weighted by Gasteiger charge is -2.12. The molecule has 0 atom stereocenters. The van der Waals surface area contributed by atoms with Gasteiger partial charge in [0.1, 0.15) is 6.54 Å². The fraction of sp³-hybridized carbons (Fsp3) is 0.105. The van der Waals surface area contributed by atoms with Crippen molar-refractivity contribution in [3.05, 3.63) is 65.1 Å². The second-order valence-electron chi connectivity index (χ2n) is 5.46. The third-order valence-corrected chi connectivity index (χ3v) is 5.26. The van der Waals surface area contributed by atoms with E-state index < -0.39 is 17.1 Å². The molecule has 0 bridgehead atoms. The Morgan fingerprint density at radius 2 is 1.92 bits per heavy atom. The van der Waals surface area contributed by atoms with Gasteiger partial charge in [-0.1, -0.05) is 36.4 Å². The molecular weight excluding hydrogens is 368 g/mol. The molecule has 132 valence electrons. The van der Waals surface area contributed by atoms with E-state index in [0.29, 0.717) is 10.6 Å². The molecule has 2 aromatic rings. The van der Waals surface area contributed by atoms with Gasteiger partial charge in [0.25, 0.3) is 11.1 Å². The van der Waals surface area contributed by atoms with Crippen molar-refractivity contribution in [2.45, 2.75) is 4.90 Å². The Labute approximate surface area is 159 Å². The first-order valence-electron chi connectivity index (χ1n) is 7.81. The summed E-state index contributed by atoms with van der Waals surface area (Å²) in [5, 5.41) is 2.28. The maximum atomic E-state index is 12.4. The lowest BCUT2D eigenvalue weighted by molar-refractivity contribution is -0.127. The van der Waals surface area contributed by atoms with Crippen LogP contribution in [0.15, 0.2) is 64.4 Å². The second kappa shape index (κ2) is 8.25. The van der Waals surface area contributed by atoms with Crippen LogP contribution >= 0.6 is 23.5 Å². The van der Waals surface area contributed by atoms with Crippen molar-refractivity contribution in [3.63, 3.8) is 0 Å². The number of benzene rings is 2. The number of rotatable bonds is 5. The molecule has 0 spiro atoms. The number of nitrogens with one attached hydrogen (secondary N) is 1. The average molecular weight is 384 g/mol. The predicted molar refractivity (Wildman–Crippen MR) is 106 cm³/mol. The number of hydrogen-bond donors (Lipinski definition) is 1. The van der Waals surface area contributed by atoms with E-state index in [1.807, 2.05) is 54.8 Å². The molecule has 1 heterocycles. The van der Waals surface area contributed by atoms with E-state index in [-0.39, 0.29) is 6.54 Å². The first-order chi connectivity index (χ1) is 12.6. The molecule has 0 unspecified atom stereocenters. The minimum atomic E-state index is -0.447. The van der Waals surface area contributed by atoms with E-state index in [4.69, 9.17) is 0 Å². The van der Waals surface area contributed by atoms with Gasteiger partial charge in [-0.2, -0.15) is 0 Å². The summed E-state index contributed by atoms with van der Waals surface area (Å²) in [7, 11) is 0. The summed E-state index contributed by atoms with van der Waals surface area (Å²) >= 11 is 2.41. The van der Waals surface area contributed by atoms with Crippen molar-refractivity contribution in [2.75, 3.05) is 18.1 Å². The summed E-state index contributed by atoms with van der Waals surface area (Å²) in [6.45, 7) is -0.305. The van der Waals surface area contributed by atoms with E-state index in [9.17, 15) is 14.4 Å². The number of hydrogen-bond acceptors (Lipinski definition) is 5. The zero-order valence-electron chi connectivity index (χ0n) is 14.0. The third-order valence-electron chi connectivity index (χ3n) is 3.63. The quantitative estimate of drug-likeness (QED) is 0.621. The van der Waals surface area contributed by atoms with Crippen LogP contribution in [0.4, 0.5) is 10.5 Å². The summed E-state index contributed by atoms with van der Waals surface area (Å²) in [4.78, 5) is 39.1. The van der Waals surface area contributed by atoms with Gasteiger partial charge in [0.2, 0.25) is 5.91 Å². The topological polar surface area (TPSA) is 66.5 Å². The summed E-state index contributed by atoms with van der Waals surface area (Å²) < 4.78 is 0. The molecule has 1 aliphatic heterocycles. The fourth-order valence-corrected chi connectivity index (χ4v) is 3.68. The maximum absolute atomic E-state index is 12.4. The number of nitrogens with zero attached hydrogens (tertiary/aromatic N) is 1. The third kappa shape index (κ3) is 4.36. The summed E-state index contributed by atoms with van der Waals surface area (Å²) in [6, 6.07) is 16.7. The Bertz CT molecular complexity index is 881. The average Bonchev–Trinajstić information content (AvgIpc) is 2.90. The van der Waals surface area contributed by atoms with Crippen LogP contribution in [0.5, 0.6) is 0 Å². The Morgan fingerprint density at radius 1 is 1.15 bits per heavy atom. The smallest absolute Gasteiger partial charge is 0.294 e. The van der Waals surface area contributed by atoms with Crippen molar-refractivity contribution in [1.82, 2.24) is 4.90 Å². The van der Waals surface area contributed by atoms with Crippen LogP contribution in [0.25, 0.3) is 6.08 Å². The van der Waals surface area contributed by atoms with Crippen LogP contribution in [-0.2, 0) is 9.59 Å². The molecule has 1 aliphatic rings. The van der Waals surface area contributed by atoms with Gasteiger partial charge in [0.05, 0.1) is 4.91 Å². The van der Waals surface area contributed by atoms with Crippen molar-refractivity contribution >= 4 is 52.3 Å². The molecule has 5 nitrogen and oxygen atoms in total. The second-order valence-corrected chi connectivity index (χ2v) is 7.33. The number of carbonyl (C=O) groups is 3. The lowest BCUT2D eigenvalue weighted by atomic mass is 10.2. The van der Waals surface area contributed by atoms with E-state index in [2.05, 4.69) is 5.32 Å². The minimum Gasteiger partial charge on any atom is -0.324 e. The van der Waals surface area contributed by atoms with Gasteiger partial charge in [0, 0.05) is 10.6 Å². The van der Waals surface area contributed by atoms with Gasteiger partial charge in [0.15, 0.2) is 0 Å². The molecule has 0 aromatic heterocycles. The Kier molecular flexibility index (Phi) is 5.80. The van der Waals surface area contributed by atoms with Crippen LogP contribution in [0, 0.1) is 0 Å². The molecule has 0 saturated carbocycles. The molecule has 0 aliphatic carbocycles. The summed E-state index contributed by atoms with van der Waals surface area (Å²) in [5.41, 5.74) is 1.46. The van der Waals surface area contributed by atoms with Crippen molar-refractivity contribution < 1.29 is 14.4 Å². The normalized spacial score (nSPS) is 15.6. The largest absolute Gasteiger partial charge is 0.324 e. The van der Waals surface area contributed by atoms with Gasteiger partial charge >= 0.3 is 0 Å². The van der Waals surface area contributed by atoms with E-state index in [1.165, 1.54) is 0 Å². The van der Waals surface area contributed by atoms with Crippen LogP contribution in [0.3, 0.4) is 0 Å². The van der Waals surface area contributed by atoms with E-state index >= 15 is 0 Å². The number of thioether (sulfide) groups is 2. The summed E-state index contributed by atoms with van der Waals surface area (Å²) in [5.74, 6) is -0.858. The Balaban J connectivity index is 1.67. The van der Waals surface area contributed by atoms with Gasteiger partial charge in [-0.05, 0) is 47.9 Å². The molecule has 3 amide bonds. The number of imide groups is 1. The number of anilines is 1. The maximum Gasteiger partial charge on any atom is 0.294 e. The van der Waals surface area contributed by atoms with Crippen LogP contribution in [-0.4, -0.2) is 34.8 Å². The van der Waals surface area contributed by atoms with Gasteiger partial charge in [-0.15, -0.1) is 11.8 Å². The highest BCUT2D eigenvalue weighted by Crippen LogP contribution is 2.32. The predicted octanol–water partition coefficient (Wildman–Crippen LogP) is 4.08. The zero-order chi connectivity index (χ0) is 18.5. The van der Waals surface area contributed by atoms with Gasteiger partial charge < -0.3 is 5.32 Å². The van der Waals surface area contributed by atoms with Crippen molar-refractivity contribution in [1.29, 1.82) is 0 Å². The zero-order valence-corrected chi connectivity index (χ0v) is 15.6. The number of carbonyl (C=O) groups excluding carboxylic acids is 3. The van der Waals surface area contributed by atoms with Crippen LogP contribution in [0.2, 0.25) is 0 Å². The monoisotopic (exact) mass is 384 g/mol. The molecule has 1 N–H and O–H groups in total. The lowest BCUT2D eigenvalue weighted by Crippen LogP contribution is -2.36. The Morgan fingerprint density at radius 3 is 2.65 bits per heavy atom. The van der Waals surface area contributed by atoms with Crippen molar-refractivity contribution in [3.8, 4) is 0 Å². The van der Waals surface area contributed by atoms with E-state index in [1.54, 1.807) is 23.9 Å². The number of amides is 3. The molecule has 1 fully saturated rings. The van der Waals surface area contributed by atoms with Gasteiger partial charge in [-0.3, -0.25) is 19.3 Å². The van der Waals surface area contributed by atoms with Crippen molar-refractivity contribution in [2.24, 2.45) is 0 Å². The highest BCUT2D eigenvalue weighted by Gasteiger charge is 2.36. The molecule has 1 saturated heterocycles. The molecule has 0 radical (unpaired) electrons. The molecule has 2 aromatic carbocycles. The SMILES string of the molecule is CSc1cccc(NC(=O)CN2C(=O)S/C(=C/c3ccccc3)C2=O)c1. The molecule has 26 heavy (non-hydrogen) atoms. The standard InChI is InChI=1S/C19H16N2O3S2/c1-25-15-9-5-8-14(11-15)20-17(22)12-21-18(23)16(26-19(21)24)10-13-6-3-2-4-7-13/h2-11H,12H2,1H3,(H,20,22)/b16-10+. The van der Waals surface area contributed by atoms with E-state index in [0.717, 1.165) is 27.1 Å².